The van der Waals surface area contributed by atoms with Gasteiger partial charge in [0.15, 0.2) is 17.9 Å². The number of Topliss-reactive ketones (excluding diaryl/α,β-unsaturated/α-hetero) is 1. The molecule has 186 valence electrons. The summed E-state index contributed by atoms with van der Waals surface area (Å²) in [5.74, 6) is -0.618. The van der Waals surface area contributed by atoms with Gasteiger partial charge in [0, 0.05) is 33.4 Å². The molecular weight excluding hydrogens is 479 g/mol. The van der Waals surface area contributed by atoms with Crippen LogP contribution in [0.15, 0.2) is 66.4 Å². The molecule has 0 aliphatic heterocycles. The van der Waals surface area contributed by atoms with Gasteiger partial charge in [0.1, 0.15) is 11.5 Å². The molecule has 2 aliphatic rings. The first-order valence-electron chi connectivity index (χ1n) is 12.5. The lowest BCUT2D eigenvalue weighted by atomic mass is 9.58. The van der Waals surface area contributed by atoms with E-state index in [0.29, 0.717) is 53.0 Å². The van der Waals surface area contributed by atoms with E-state index in [9.17, 15) is 9.59 Å². The molecule has 0 amide bonds. The molecule has 6 nitrogen and oxygen atoms in total. The number of hydrogen-bond donors (Lipinski definition) is 0. The number of hydrogen-bond acceptors (Lipinski definition) is 5. The average Bonchev–Trinajstić information content (AvgIpc) is 2.94. The van der Waals surface area contributed by atoms with Gasteiger partial charge in [-0.05, 0) is 43.0 Å². The first kappa shape index (κ1) is 23.8. The zero-order valence-corrected chi connectivity index (χ0v) is 20.9. The van der Waals surface area contributed by atoms with Gasteiger partial charge in [-0.25, -0.2) is 24.2 Å². The van der Waals surface area contributed by atoms with Crippen LogP contribution >= 0.6 is 0 Å². The van der Waals surface area contributed by atoms with Crippen LogP contribution in [0.25, 0.3) is 38.4 Å². The summed E-state index contributed by atoms with van der Waals surface area (Å²) in [6, 6.07) is 15.6. The Labute approximate surface area is 219 Å². The average molecular weight is 503 g/mol. The minimum absolute atomic E-state index is 0.0658. The smallest absolute Gasteiger partial charge is 0.226 e. The Kier molecular flexibility index (Phi) is 5.50. The van der Waals surface area contributed by atoms with Gasteiger partial charge >= 0.3 is 0 Å². The Balaban J connectivity index is 1.72. The number of carbonyl (C=O) groups is 2. The van der Waals surface area contributed by atoms with E-state index in [0.717, 1.165) is 10.9 Å². The van der Waals surface area contributed by atoms with Crippen molar-refractivity contribution in [1.29, 1.82) is 0 Å². The third-order valence-electron chi connectivity index (χ3n) is 8.05. The van der Waals surface area contributed by atoms with Gasteiger partial charge in [0.2, 0.25) is 5.70 Å². The third-order valence-corrected chi connectivity index (χ3v) is 8.05. The second-order valence-electron chi connectivity index (χ2n) is 10.2. The van der Waals surface area contributed by atoms with E-state index in [4.69, 9.17) is 16.5 Å². The molecule has 0 fully saturated rings. The first-order valence-corrected chi connectivity index (χ1v) is 12.5. The van der Waals surface area contributed by atoms with Crippen molar-refractivity contribution >= 4 is 23.0 Å². The van der Waals surface area contributed by atoms with Crippen LogP contribution in [0.2, 0.25) is 0 Å². The molecule has 3 atom stereocenters. The number of rotatable bonds is 3. The molecule has 0 unspecified atom stereocenters. The topological polar surface area (TPSA) is 77.2 Å². The van der Waals surface area contributed by atoms with Crippen molar-refractivity contribution in [2.75, 3.05) is 0 Å². The second-order valence-corrected chi connectivity index (χ2v) is 10.2. The SMILES string of the molecule is [C-]#[N+]C1=C[C@@]2(C)c3nc(-c4cc(C=O)nc5ccccc45)nc(-c4ccccc4F)c3CC[C@@H]2[C@@H](C)C1=O. The molecule has 2 aromatic heterocycles. The molecule has 2 aromatic carbocycles. The highest BCUT2D eigenvalue weighted by Gasteiger charge is 2.49. The summed E-state index contributed by atoms with van der Waals surface area (Å²) in [7, 11) is 0. The summed E-state index contributed by atoms with van der Waals surface area (Å²) in [5.41, 5.74) is 3.19. The Morgan fingerprint density at radius 2 is 1.84 bits per heavy atom. The van der Waals surface area contributed by atoms with Crippen LogP contribution in [0.3, 0.4) is 0 Å². The van der Waals surface area contributed by atoms with E-state index in [1.165, 1.54) is 6.07 Å². The number of aromatic nitrogens is 3. The van der Waals surface area contributed by atoms with Crippen LogP contribution in [0.5, 0.6) is 0 Å². The van der Waals surface area contributed by atoms with Crippen LogP contribution in [0.4, 0.5) is 4.39 Å². The molecule has 0 bridgehead atoms. The van der Waals surface area contributed by atoms with Gasteiger partial charge in [0.05, 0.1) is 23.5 Å². The predicted octanol–water partition coefficient (Wildman–Crippen LogP) is 6.15. The number of aldehydes is 1. The number of halogens is 1. The Hall–Kier alpha value is -4.57. The standard InChI is InChI=1S/C31H23FN4O2/c1-17-23-13-12-21-27(20-9-4-6-10-24(20)32)35-30(36-29(21)31(23,2)15-26(33-3)28(17)38)22-14-18(16-37)34-25-11-7-5-8-19(22)25/h4-11,14-17,23H,12-13H2,1-2H3/t17-,23-,31-/m1/s1. The van der Waals surface area contributed by atoms with Crippen molar-refractivity contribution in [2.45, 2.75) is 32.1 Å². The fraction of sp³-hybridized carbons (Fsp3) is 0.226. The van der Waals surface area contributed by atoms with Gasteiger partial charge in [0.25, 0.3) is 0 Å². The zero-order chi connectivity index (χ0) is 26.6. The highest BCUT2D eigenvalue weighted by molar-refractivity contribution is 6.00. The predicted molar refractivity (Wildman–Crippen MR) is 142 cm³/mol. The molecule has 6 rings (SSSR count). The van der Waals surface area contributed by atoms with E-state index in [-0.39, 0.29) is 29.0 Å². The summed E-state index contributed by atoms with van der Waals surface area (Å²) in [5, 5.41) is 0.764. The lowest BCUT2D eigenvalue weighted by Crippen LogP contribution is -2.46. The van der Waals surface area contributed by atoms with Gasteiger partial charge in [-0.1, -0.05) is 50.3 Å². The molecule has 0 saturated heterocycles. The van der Waals surface area contributed by atoms with Crippen molar-refractivity contribution in [3.05, 3.63) is 101 Å². The van der Waals surface area contributed by atoms with Crippen LogP contribution < -0.4 is 0 Å². The highest BCUT2D eigenvalue weighted by Crippen LogP contribution is 2.51. The Bertz CT molecular complexity index is 1740. The van der Waals surface area contributed by atoms with E-state index < -0.39 is 11.2 Å². The van der Waals surface area contributed by atoms with Crippen molar-refractivity contribution in [3.63, 3.8) is 0 Å². The zero-order valence-electron chi connectivity index (χ0n) is 20.9. The summed E-state index contributed by atoms with van der Waals surface area (Å²) in [6.45, 7) is 11.5. The van der Waals surface area contributed by atoms with Crippen LogP contribution in [0.1, 0.15) is 42.0 Å². The lowest BCUT2D eigenvalue weighted by molar-refractivity contribution is -0.121. The number of pyridine rings is 1. The molecule has 0 spiro atoms. The number of benzene rings is 2. The first-order chi connectivity index (χ1) is 18.4. The van der Waals surface area contributed by atoms with Crippen molar-refractivity contribution in [3.8, 4) is 22.6 Å². The maximum Gasteiger partial charge on any atom is 0.226 e. The monoisotopic (exact) mass is 502 g/mol. The normalized spacial score (nSPS) is 22.3. The number of carbonyl (C=O) groups excluding carboxylic acids is 2. The van der Waals surface area contributed by atoms with Gasteiger partial charge in [-0.2, -0.15) is 0 Å². The van der Waals surface area contributed by atoms with Gasteiger partial charge in [-0.15, -0.1) is 0 Å². The summed E-state index contributed by atoms with van der Waals surface area (Å²) < 4.78 is 15.2. The molecule has 0 N–H and O–H groups in total. The summed E-state index contributed by atoms with van der Waals surface area (Å²) >= 11 is 0. The van der Waals surface area contributed by atoms with Gasteiger partial charge < -0.3 is 4.79 Å². The maximum atomic E-state index is 15.2. The molecule has 0 saturated carbocycles. The fourth-order valence-corrected chi connectivity index (χ4v) is 6.18. The van der Waals surface area contributed by atoms with Crippen molar-refractivity contribution in [1.82, 2.24) is 15.0 Å². The lowest BCUT2D eigenvalue weighted by Gasteiger charge is -2.46. The van der Waals surface area contributed by atoms with E-state index >= 15 is 4.39 Å². The van der Waals surface area contributed by atoms with E-state index in [1.807, 2.05) is 38.1 Å². The van der Waals surface area contributed by atoms with E-state index in [1.54, 1.807) is 30.3 Å². The number of ketones is 1. The highest BCUT2D eigenvalue weighted by atomic mass is 19.1. The van der Waals surface area contributed by atoms with Crippen LogP contribution in [-0.2, 0) is 16.6 Å². The number of fused-ring (bicyclic) bond motifs is 4. The third kappa shape index (κ3) is 3.48. The Morgan fingerprint density at radius 1 is 1.08 bits per heavy atom. The van der Waals surface area contributed by atoms with Gasteiger partial charge in [-0.3, -0.25) is 4.79 Å². The van der Waals surface area contributed by atoms with Crippen LogP contribution in [-0.4, -0.2) is 27.0 Å². The Morgan fingerprint density at radius 3 is 2.61 bits per heavy atom. The molecule has 4 aromatic rings. The molecular formula is C31H23FN4O2. The second kappa shape index (κ2) is 8.77. The maximum absolute atomic E-state index is 15.2. The summed E-state index contributed by atoms with van der Waals surface area (Å²) in [4.78, 5) is 42.6. The number of allylic oxidation sites excluding steroid dienone is 2. The quantitative estimate of drug-likeness (QED) is 0.248. The molecule has 38 heavy (non-hydrogen) atoms. The number of para-hydroxylation sites is 1. The molecule has 0 radical (unpaired) electrons. The number of nitrogens with zero attached hydrogens (tertiary/aromatic N) is 4. The van der Waals surface area contributed by atoms with Crippen molar-refractivity contribution in [2.24, 2.45) is 11.8 Å². The molecule has 2 heterocycles. The van der Waals surface area contributed by atoms with Crippen LogP contribution in [0, 0.1) is 24.2 Å². The molecule has 2 aliphatic carbocycles. The summed E-state index contributed by atoms with van der Waals surface area (Å²) in [6.07, 6.45) is 3.70. The van der Waals surface area contributed by atoms with Crippen molar-refractivity contribution < 1.29 is 14.0 Å². The largest absolute Gasteiger partial charge is 0.308 e. The van der Waals surface area contributed by atoms with E-state index in [2.05, 4.69) is 9.83 Å². The molecule has 7 heteroatoms. The minimum Gasteiger partial charge on any atom is -0.308 e. The minimum atomic E-state index is -0.727. The fourth-order valence-electron chi connectivity index (χ4n) is 6.18.